The summed E-state index contributed by atoms with van der Waals surface area (Å²) in [6, 6.07) is 2.27. The molecule has 0 aliphatic heterocycles. The second kappa shape index (κ2) is 6.42. The minimum absolute atomic E-state index is 0.141. The number of benzene rings is 1. The van der Waals surface area contributed by atoms with E-state index in [2.05, 4.69) is 15.9 Å². The van der Waals surface area contributed by atoms with Crippen molar-refractivity contribution in [2.24, 2.45) is 7.05 Å². The van der Waals surface area contributed by atoms with Crippen LogP contribution in [0.4, 0.5) is 17.6 Å². The fourth-order valence-electron chi connectivity index (χ4n) is 2.08. The Kier molecular flexibility index (Phi) is 4.88. The first-order valence-corrected chi connectivity index (χ1v) is 7.39. The minimum atomic E-state index is -4.89. The third-order valence-electron chi connectivity index (χ3n) is 3.15. The van der Waals surface area contributed by atoms with Crippen molar-refractivity contribution in [1.29, 1.82) is 0 Å². The van der Waals surface area contributed by atoms with Gasteiger partial charge in [0.1, 0.15) is 17.3 Å². The van der Waals surface area contributed by atoms with Crippen LogP contribution in [0.2, 0.25) is 0 Å². The standard InChI is InChI=1S/C14H11BrF4N2O3/c1-3-24-10-5-9(8(16)4-7(10)15)21-12(22)6-11(14(17,18)19)20(2)13(21)23/h4-6H,3H2,1-2H3. The molecule has 130 valence electrons. The normalized spacial score (nSPS) is 11.6. The van der Waals surface area contributed by atoms with E-state index >= 15 is 0 Å². The Morgan fingerprint density at radius 1 is 1.21 bits per heavy atom. The summed E-state index contributed by atoms with van der Waals surface area (Å²) in [6.07, 6.45) is -4.89. The van der Waals surface area contributed by atoms with Gasteiger partial charge in [0.2, 0.25) is 0 Å². The summed E-state index contributed by atoms with van der Waals surface area (Å²) >= 11 is 3.06. The van der Waals surface area contributed by atoms with Gasteiger partial charge >= 0.3 is 11.9 Å². The smallest absolute Gasteiger partial charge is 0.431 e. The quantitative estimate of drug-likeness (QED) is 0.731. The van der Waals surface area contributed by atoms with Gasteiger partial charge in [0.15, 0.2) is 0 Å². The Morgan fingerprint density at radius 2 is 1.83 bits per heavy atom. The van der Waals surface area contributed by atoms with Crippen molar-refractivity contribution in [3.05, 3.63) is 55.0 Å². The summed E-state index contributed by atoms with van der Waals surface area (Å²) < 4.78 is 58.7. The van der Waals surface area contributed by atoms with E-state index < -0.39 is 34.6 Å². The molecule has 0 radical (unpaired) electrons. The van der Waals surface area contributed by atoms with Gasteiger partial charge in [-0.05, 0) is 28.9 Å². The maximum atomic E-state index is 14.2. The molecule has 0 aliphatic rings. The lowest BCUT2D eigenvalue weighted by atomic mass is 10.2. The average Bonchev–Trinajstić information content (AvgIpc) is 2.46. The number of rotatable bonds is 3. The lowest BCUT2D eigenvalue weighted by Crippen LogP contribution is -2.41. The lowest BCUT2D eigenvalue weighted by Gasteiger charge is -2.15. The maximum absolute atomic E-state index is 14.2. The van der Waals surface area contributed by atoms with Crippen molar-refractivity contribution in [2.45, 2.75) is 13.1 Å². The molecule has 1 aromatic carbocycles. The number of ether oxygens (including phenoxy) is 1. The molecular formula is C14H11BrF4N2O3. The number of hydrogen-bond acceptors (Lipinski definition) is 3. The molecule has 0 atom stereocenters. The monoisotopic (exact) mass is 410 g/mol. The van der Waals surface area contributed by atoms with Crippen LogP contribution in [0.25, 0.3) is 5.69 Å². The average molecular weight is 411 g/mol. The van der Waals surface area contributed by atoms with Gasteiger partial charge in [0.25, 0.3) is 5.56 Å². The molecule has 0 saturated carbocycles. The molecule has 2 aromatic rings. The van der Waals surface area contributed by atoms with Gasteiger partial charge in [-0.15, -0.1) is 0 Å². The molecule has 1 aromatic heterocycles. The number of nitrogens with zero attached hydrogens (tertiary/aromatic N) is 2. The minimum Gasteiger partial charge on any atom is -0.493 e. The van der Waals surface area contributed by atoms with Crippen LogP contribution >= 0.6 is 15.9 Å². The zero-order chi connectivity index (χ0) is 18.2. The molecule has 0 amide bonds. The van der Waals surface area contributed by atoms with Crippen molar-refractivity contribution in [3.8, 4) is 11.4 Å². The molecular weight excluding hydrogens is 400 g/mol. The predicted molar refractivity (Wildman–Crippen MR) is 81.1 cm³/mol. The van der Waals surface area contributed by atoms with Crippen molar-refractivity contribution in [1.82, 2.24) is 9.13 Å². The van der Waals surface area contributed by atoms with Gasteiger partial charge in [-0.25, -0.2) is 13.8 Å². The molecule has 0 spiro atoms. The van der Waals surface area contributed by atoms with Crippen molar-refractivity contribution >= 4 is 15.9 Å². The van der Waals surface area contributed by atoms with Crippen molar-refractivity contribution < 1.29 is 22.3 Å². The van der Waals surface area contributed by atoms with E-state index in [0.29, 0.717) is 4.57 Å². The van der Waals surface area contributed by atoms with Crippen LogP contribution in [-0.2, 0) is 13.2 Å². The maximum Gasteiger partial charge on any atom is 0.431 e. The molecule has 0 bridgehead atoms. The molecule has 10 heteroatoms. The number of aromatic nitrogens is 2. The lowest BCUT2D eigenvalue weighted by molar-refractivity contribution is -0.144. The van der Waals surface area contributed by atoms with Gasteiger partial charge in [-0.3, -0.25) is 9.36 Å². The van der Waals surface area contributed by atoms with E-state index in [-0.39, 0.29) is 27.5 Å². The summed E-state index contributed by atoms with van der Waals surface area (Å²) in [4.78, 5) is 24.2. The second-order valence-electron chi connectivity index (χ2n) is 4.71. The van der Waals surface area contributed by atoms with Crippen LogP contribution < -0.4 is 16.0 Å². The number of hydrogen-bond donors (Lipinski definition) is 0. The Labute approximate surface area is 141 Å². The zero-order valence-electron chi connectivity index (χ0n) is 12.4. The number of halogens is 5. The van der Waals surface area contributed by atoms with Gasteiger partial charge < -0.3 is 4.74 Å². The Bertz CT molecular complexity index is 903. The van der Waals surface area contributed by atoms with E-state index in [1.165, 1.54) is 0 Å². The van der Waals surface area contributed by atoms with Crippen LogP contribution in [0.3, 0.4) is 0 Å². The van der Waals surface area contributed by atoms with Crippen molar-refractivity contribution in [2.75, 3.05) is 6.61 Å². The molecule has 24 heavy (non-hydrogen) atoms. The second-order valence-corrected chi connectivity index (χ2v) is 5.56. The molecule has 0 N–H and O–H groups in total. The fourth-order valence-corrected chi connectivity index (χ4v) is 2.51. The summed E-state index contributed by atoms with van der Waals surface area (Å²) in [6.45, 7) is 1.89. The zero-order valence-corrected chi connectivity index (χ0v) is 14.0. The van der Waals surface area contributed by atoms with E-state index in [4.69, 9.17) is 4.74 Å². The Balaban J connectivity index is 2.80. The highest BCUT2D eigenvalue weighted by Crippen LogP contribution is 2.30. The Morgan fingerprint density at radius 3 is 2.38 bits per heavy atom. The molecule has 0 saturated heterocycles. The highest BCUT2D eigenvalue weighted by molar-refractivity contribution is 9.10. The molecule has 1 heterocycles. The van der Waals surface area contributed by atoms with Gasteiger partial charge in [0.05, 0.1) is 16.8 Å². The third kappa shape index (κ3) is 3.23. The number of alkyl halides is 3. The van der Waals surface area contributed by atoms with E-state index in [9.17, 15) is 27.2 Å². The SMILES string of the molecule is CCOc1cc(-n2c(=O)cc(C(F)(F)F)n(C)c2=O)c(F)cc1Br. The molecule has 0 fully saturated rings. The molecule has 0 unspecified atom stereocenters. The van der Waals surface area contributed by atoms with E-state index in [1.807, 2.05) is 0 Å². The first-order valence-electron chi connectivity index (χ1n) is 6.60. The third-order valence-corrected chi connectivity index (χ3v) is 3.77. The van der Waals surface area contributed by atoms with Gasteiger partial charge in [0, 0.05) is 19.2 Å². The van der Waals surface area contributed by atoms with Crippen LogP contribution in [0.1, 0.15) is 12.6 Å². The van der Waals surface area contributed by atoms with Crippen LogP contribution in [0.15, 0.2) is 32.3 Å². The fraction of sp³-hybridized carbons (Fsp3) is 0.286. The van der Waals surface area contributed by atoms with Crippen LogP contribution in [0, 0.1) is 5.82 Å². The molecule has 5 nitrogen and oxygen atoms in total. The largest absolute Gasteiger partial charge is 0.493 e. The van der Waals surface area contributed by atoms with E-state index in [1.54, 1.807) is 6.92 Å². The van der Waals surface area contributed by atoms with E-state index in [0.717, 1.165) is 19.2 Å². The Hall–Kier alpha value is -2.10. The van der Waals surface area contributed by atoms with Crippen LogP contribution in [0.5, 0.6) is 5.75 Å². The highest BCUT2D eigenvalue weighted by Gasteiger charge is 2.35. The van der Waals surface area contributed by atoms with Crippen molar-refractivity contribution in [3.63, 3.8) is 0 Å². The first-order chi connectivity index (χ1) is 11.1. The summed E-state index contributed by atoms with van der Waals surface area (Å²) in [5.41, 5.74) is -4.54. The van der Waals surface area contributed by atoms with Crippen LogP contribution in [-0.4, -0.2) is 15.7 Å². The summed E-state index contributed by atoms with van der Waals surface area (Å²) in [5, 5.41) is 0. The summed E-state index contributed by atoms with van der Waals surface area (Å²) in [5.74, 6) is -0.827. The molecule has 2 rings (SSSR count). The highest BCUT2D eigenvalue weighted by atomic mass is 79.9. The topological polar surface area (TPSA) is 53.2 Å². The predicted octanol–water partition coefficient (Wildman–Crippen LogP) is 2.86. The summed E-state index contributed by atoms with van der Waals surface area (Å²) in [7, 11) is 0.849. The van der Waals surface area contributed by atoms with Gasteiger partial charge in [-0.2, -0.15) is 13.2 Å². The molecule has 0 aliphatic carbocycles. The van der Waals surface area contributed by atoms with Gasteiger partial charge in [-0.1, -0.05) is 0 Å². The first kappa shape index (κ1) is 18.2.